The fourth-order valence-electron chi connectivity index (χ4n) is 3.24. The van der Waals surface area contributed by atoms with Gasteiger partial charge in [0.2, 0.25) is 0 Å². The van der Waals surface area contributed by atoms with Crippen molar-refractivity contribution < 1.29 is 4.79 Å². The number of amides is 1. The van der Waals surface area contributed by atoms with E-state index in [1.807, 2.05) is 6.07 Å². The number of rotatable bonds is 2. The molecule has 1 aromatic carbocycles. The normalized spacial score (nSPS) is 17.4. The highest BCUT2D eigenvalue weighted by atomic mass is 16.1. The molecule has 1 amide bonds. The minimum atomic E-state index is -0.666. The van der Waals surface area contributed by atoms with Gasteiger partial charge in [0, 0.05) is 18.8 Å². The molecule has 0 saturated heterocycles. The summed E-state index contributed by atoms with van der Waals surface area (Å²) in [7, 11) is 0. The molecule has 0 fully saturated rings. The summed E-state index contributed by atoms with van der Waals surface area (Å²) >= 11 is 0. The summed E-state index contributed by atoms with van der Waals surface area (Å²) in [6, 6.07) is 6.05. The van der Waals surface area contributed by atoms with Gasteiger partial charge in [-0.15, -0.1) is 0 Å². The highest BCUT2D eigenvalue weighted by Gasteiger charge is 2.23. The molecule has 4 nitrogen and oxygen atoms in total. The van der Waals surface area contributed by atoms with Gasteiger partial charge in [0.05, 0.1) is 0 Å². The van der Waals surface area contributed by atoms with Crippen LogP contribution in [0.3, 0.4) is 0 Å². The number of carbonyl (C=O) groups excluding carboxylic acids is 1. The van der Waals surface area contributed by atoms with Crippen LogP contribution in [0.4, 0.5) is 5.69 Å². The van der Waals surface area contributed by atoms with Gasteiger partial charge in [-0.05, 0) is 60.6 Å². The van der Waals surface area contributed by atoms with Crippen LogP contribution in [0.2, 0.25) is 0 Å². The summed E-state index contributed by atoms with van der Waals surface area (Å²) in [5.41, 5.74) is 10.2. The van der Waals surface area contributed by atoms with Gasteiger partial charge < -0.3 is 10.6 Å². The van der Waals surface area contributed by atoms with E-state index in [0.717, 1.165) is 31.5 Å². The fourth-order valence-corrected chi connectivity index (χ4v) is 3.24. The summed E-state index contributed by atoms with van der Waals surface area (Å²) in [5, 5.41) is 8.95. The maximum Gasteiger partial charge on any atom is 0.259 e. The van der Waals surface area contributed by atoms with Crippen LogP contribution in [0.15, 0.2) is 17.7 Å². The van der Waals surface area contributed by atoms with Crippen molar-refractivity contribution in [3.8, 4) is 6.07 Å². The van der Waals surface area contributed by atoms with E-state index in [-0.39, 0.29) is 5.57 Å². The minimum Gasteiger partial charge on any atom is -0.371 e. The van der Waals surface area contributed by atoms with Crippen molar-refractivity contribution in [3.63, 3.8) is 0 Å². The first-order valence-corrected chi connectivity index (χ1v) is 7.01. The monoisotopic (exact) mass is 267 g/mol. The van der Waals surface area contributed by atoms with Gasteiger partial charge in [-0.3, -0.25) is 4.79 Å². The quantitative estimate of drug-likeness (QED) is 0.656. The molecule has 0 radical (unpaired) electrons. The number of carbonyl (C=O) groups is 1. The Kier molecular flexibility index (Phi) is 3.19. The van der Waals surface area contributed by atoms with Gasteiger partial charge in [0.1, 0.15) is 11.6 Å². The van der Waals surface area contributed by atoms with Gasteiger partial charge in [-0.1, -0.05) is 0 Å². The molecule has 0 bridgehead atoms. The van der Waals surface area contributed by atoms with Crippen molar-refractivity contribution >= 4 is 17.7 Å². The van der Waals surface area contributed by atoms with E-state index in [0.29, 0.717) is 0 Å². The largest absolute Gasteiger partial charge is 0.371 e. The molecule has 0 aliphatic carbocycles. The molecule has 2 heterocycles. The van der Waals surface area contributed by atoms with Crippen molar-refractivity contribution in [2.24, 2.45) is 5.73 Å². The van der Waals surface area contributed by atoms with E-state index in [2.05, 4.69) is 17.0 Å². The molecule has 20 heavy (non-hydrogen) atoms. The smallest absolute Gasteiger partial charge is 0.259 e. The zero-order chi connectivity index (χ0) is 14.1. The number of primary amides is 1. The lowest BCUT2D eigenvalue weighted by Crippen LogP contribution is -2.34. The van der Waals surface area contributed by atoms with Crippen molar-refractivity contribution in [2.45, 2.75) is 25.7 Å². The Morgan fingerprint density at radius 3 is 2.35 bits per heavy atom. The van der Waals surface area contributed by atoms with Gasteiger partial charge in [0.15, 0.2) is 0 Å². The molecule has 0 unspecified atom stereocenters. The highest BCUT2D eigenvalue weighted by molar-refractivity contribution is 6.00. The molecule has 0 aromatic heterocycles. The second-order valence-electron chi connectivity index (χ2n) is 5.42. The lowest BCUT2D eigenvalue weighted by atomic mass is 9.89. The number of anilines is 1. The Morgan fingerprint density at radius 1 is 1.25 bits per heavy atom. The molecule has 0 saturated carbocycles. The number of nitrogens with zero attached hydrogens (tertiary/aromatic N) is 2. The van der Waals surface area contributed by atoms with Crippen LogP contribution in [0.5, 0.6) is 0 Å². The van der Waals surface area contributed by atoms with Crippen molar-refractivity contribution in [2.75, 3.05) is 18.0 Å². The summed E-state index contributed by atoms with van der Waals surface area (Å²) in [5.74, 6) is -0.666. The number of hydrogen-bond donors (Lipinski definition) is 1. The number of benzene rings is 1. The van der Waals surface area contributed by atoms with Gasteiger partial charge in [-0.25, -0.2) is 0 Å². The standard InChI is InChI=1S/C16H17N3O/c17-10-14(16(18)20)9-11-7-12-3-1-5-19-6-2-4-13(8-11)15(12)19/h7-9H,1-6H2,(H2,18,20)/b14-9+. The molecule has 3 rings (SSSR count). The Bertz CT molecular complexity index is 609. The third-order valence-corrected chi connectivity index (χ3v) is 4.05. The second-order valence-corrected chi connectivity index (χ2v) is 5.42. The molecule has 4 heteroatoms. The zero-order valence-corrected chi connectivity index (χ0v) is 11.4. The number of aryl methyl sites for hydroxylation is 2. The first-order valence-electron chi connectivity index (χ1n) is 7.01. The SMILES string of the molecule is N#C/C(=C\c1cc2c3c(c1)CCCN3CCC2)C(N)=O. The number of hydrogen-bond acceptors (Lipinski definition) is 3. The summed E-state index contributed by atoms with van der Waals surface area (Å²) in [6.45, 7) is 2.28. The molecular formula is C16H17N3O. The molecule has 2 aliphatic heterocycles. The van der Waals surface area contributed by atoms with Crippen LogP contribution in [0.1, 0.15) is 29.5 Å². The van der Waals surface area contributed by atoms with Crippen LogP contribution in [0, 0.1) is 11.3 Å². The lowest BCUT2D eigenvalue weighted by molar-refractivity contribution is -0.114. The third kappa shape index (κ3) is 2.16. The van der Waals surface area contributed by atoms with Crippen LogP contribution in [0.25, 0.3) is 6.08 Å². The Balaban J connectivity index is 2.08. The van der Waals surface area contributed by atoms with Crippen LogP contribution >= 0.6 is 0 Å². The van der Waals surface area contributed by atoms with E-state index in [1.165, 1.54) is 29.7 Å². The maximum absolute atomic E-state index is 11.2. The van der Waals surface area contributed by atoms with Crippen LogP contribution < -0.4 is 10.6 Å². The summed E-state index contributed by atoms with van der Waals surface area (Å²) in [4.78, 5) is 13.6. The predicted molar refractivity (Wildman–Crippen MR) is 78.1 cm³/mol. The van der Waals surface area contributed by atoms with Crippen molar-refractivity contribution in [3.05, 3.63) is 34.4 Å². The molecule has 1 aromatic rings. The first kappa shape index (κ1) is 12.7. The van der Waals surface area contributed by atoms with E-state index in [9.17, 15) is 4.79 Å². The summed E-state index contributed by atoms with van der Waals surface area (Å²) in [6.07, 6.45) is 6.08. The number of nitrogens with two attached hydrogens (primary N) is 1. The number of nitriles is 1. The van der Waals surface area contributed by atoms with E-state index in [1.54, 1.807) is 6.08 Å². The third-order valence-electron chi connectivity index (χ3n) is 4.05. The zero-order valence-electron chi connectivity index (χ0n) is 11.4. The predicted octanol–water partition coefficient (Wildman–Crippen LogP) is 1.78. The van der Waals surface area contributed by atoms with Gasteiger partial charge in [0.25, 0.3) is 5.91 Å². The molecule has 2 aliphatic rings. The average Bonchev–Trinajstić information content (AvgIpc) is 2.45. The van der Waals surface area contributed by atoms with Crippen molar-refractivity contribution in [1.29, 1.82) is 5.26 Å². The van der Waals surface area contributed by atoms with Crippen molar-refractivity contribution in [1.82, 2.24) is 0 Å². The molecule has 0 atom stereocenters. The topological polar surface area (TPSA) is 70.1 Å². The van der Waals surface area contributed by atoms with Crippen LogP contribution in [-0.2, 0) is 17.6 Å². The Labute approximate surface area is 118 Å². The fraction of sp³-hybridized carbons (Fsp3) is 0.375. The first-order chi connectivity index (χ1) is 9.69. The van der Waals surface area contributed by atoms with E-state index in [4.69, 9.17) is 11.0 Å². The molecule has 0 spiro atoms. The van der Waals surface area contributed by atoms with Crippen LogP contribution in [-0.4, -0.2) is 19.0 Å². The minimum absolute atomic E-state index is 0.0145. The molecule has 2 N–H and O–H groups in total. The summed E-state index contributed by atoms with van der Waals surface area (Å²) < 4.78 is 0. The van der Waals surface area contributed by atoms with E-state index < -0.39 is 5.91 Å². The Hall–Kier alpha value is -2.28. The van der Waals surface area contributed by atoms with E-state index >= 15 is 0 Å². The van der Waals surface area contributed by atoms with Gasteiger partial charge >= 0.3 is 0 Å². The second kappa shape index (κ2) is 5.01. The Morgan fingerprint density at radius 2 is 1.85 bits per heavy atom. The lowest BCUT2D eigenvalue weighted by Gasteiger charge is -2.37. The maximum atomic E-state index is 11.2. The highest BCUT2D eigenvalue weighted by Crippen LogP contribution is 2.36. The van der Waals surface area contributed by atoms with Gasteiger partial charge in [-0.2, -0.15) is 5.26 Å². The molecular weight excluding hydrogens is 250 g/mol. The molecule has 102 valence electrons. The average molecular weight is 267 g/mol.